The molecular formula is C14H28N2O3. The van der Waals surface area contributed by atoms with E-state index < -0.39 is 5.60 Å². The molecule has 1 fully saturated rings. The minimum atomic E-state index is -0.418. The van der Waals surface area contributed by atoms with Crippen molar-refractivity contribution in [1.29, 1.82) is 0 Å². The van der Waals surface area contributed by atoms with Crippen molar-refractivity contribution < 1.29 is 14.3 Å². The van der Waals surface area contributed by atoms with Crippen molar-refractivity contribution in [1.82, 2.24) is 9.80 Å². The second kappa shape index (κ2) is 7.70. The molecule has 0 unspecified atom stereocenters. The molecule has 0 atom stereocenters. The van der Waals surface area contributed by atoms with E-state index in [-0.39, 0.29) is 6.09 Å². The highest BCUT2D eigenvalue weighted by molar-refractivity contribution is 5.67. The number of morpholine rings is 1. The van der Waals surface area contributed by atoms with E-state index in [1.807, 2.05) is 20.8 Å². The van der Waals surface area contributed by atoms with Crippen molar-refractivity contribution >= 4 is 6.09 Å². The summed E-state index contributed by atoms with van der Waals surface area (Å²) in [5.41, 5.74) is -0.418. The summed E-state index contributed by atoms with van der Waals surface area (Å²) in [6.07, 6.45) is 1.87. The highest BCUT2D eigenvalue weighted by Crippen LogP contribution is 2.09. The minimum absolute atomic E-state index is 0.237. The second-order valence-corrected chi connectivity index (χ2v) is 6.06. The standard InChI is InChI=1S/C14H28N2O3/c1-14(2,3)19-13(17)15(4)7-5-6-8-16-9-11-18-12-10-16/h5-12H2,1-4H3. The van der Waals surface area contributed by atoms with Crippen molar-refractivity contribution in [2.75, 3.05) is 46.4 Å². The van der Waals surface area contributed by atoms with E-state index in [4.69, 9.17) is 9.47 Å². The lowest BCUT2D eigenvalue weighted by Crippen LogP contribution is -2.37. The maximum absolute atomic E-state index is 11.7. The van der Waals surface area contributed by atoms with Crippen LogP contribution in [0, 0.1) is 0 Å². The van der Waals surface area contributed by atoms with Crippen LogP contribution in [0.3, 0.4) is 0 Å². The van der Waals surface area contributed by atoms with E-state index in [2.05, 4.69) is 4.90 Å². The summed E-state index contributed by atoms with van der Waals surface area (Å²) < 4.78 is 10.6. The Morgan fingerprint density at radius 2 is 1.89 bits per heavy atom. The van der Waals surface area contributed by atoms with Gasteiger partial charge in [-0.2, -0.15) is 0 Å². The molecule has 0 N–H and O–H groups in total. The Morgan fingerprint density at radius 3 is 2.47 bits per heavy atom. The quantitative estimate of drug-likeness (QED) is 0.718. The van der Waals surface area contributed by atoms with Gasteiger partial charge in [0.2, 0.25) is 0 Å². The smallest absolute Gasteiger partial charge is 0.410 e. The molecule has 0 aromatic rings. The molecule has 1 heterocycles. The van der Waals surface area contributed by atoms with Crippen LogP contribution in [0.4, 0.5) is 4.79 Å². The normalized spacial score (nSPS) is 17.3. The van der Waals surface area contributed by atoms with Gasteiger partial charge in [0, 0.05) is 26.7 Å². The van der Waals surface area contributed by atoms with Gasteiger partial charge >= 0.3 is 6.09 Å². The largest absolute Gasteiger partial charge is 0.444 e. The molecule has 0 radical (unpaired) electrons. The number of carbonyl (C=O) groups is 1. The molecular weight excluding hydrogens is 244 g/mol. The van der Waals surface area contributed by atoms with Crippen LogP contribution in [0.1, 0.15) is 33.6 Å². The Morgan fingerprint density at radius 1 is 1.26 bits per heavy atom. The predicted octanol–water partition coefficient (Wildman–Crippen LogP) is 1.97. The first-order valence-electron chi connectivity index (χ1n) is 7.13. The molecule has 0 spiro atoms. The van der Waals surface area contributed by atoms with Crippen LogP contribution in [0.5, 0.6) is 0 Å². The van der Waals surface area contributed by atoms with Gasteiger partial charge in [0.25, 0.3) is 0 Å². The van der Waals surface area contributed by atoms with E-state index in [1.54, 1.807) is 11.9 Å². The van der Waals surface area contributed by atoms with Crippen molar-refractivity contribution in [2.45, 2.75) is 39.2 Å². The Labute approximate surface area is 116 Å². The van der Waals surface area contributed by atoms with Gasteiger partial charge in [-0.3, -0.25) is 4.90 Å². The van der Waals surface area contributed by atoms with Crippen molar-refractivity contribution in [3.05, 3.63) is 0 Å². The first kappa shape index (κ1) is 16.2. The fraction of sp³-hybridized carbons (Fsp3) is 0.929. The van der Waals surface area contributed by atoms with Crippen LogP contribution in [0.25, 0.3) is 0 Å². The number of hydrogen-bond donors (Lipinski definition) is 0. The van der Waals surface area contributed by atoms with Crippen LogP contribution in [0.2, 0.25) is 0 Å². The molecule has 5 heteroatoms. The summed E-state index contributed by atoms with van der Waals surface area (Å²) in [4.78, 5) is 15.8. The molecule has 1 aliphatic rings. The molecule has 0 aliphatic carbocycles. The van der Waals surface area contributed by atoms with Crippen LogP contribution < -0.4 is 0 Å². The Bertz CT molecular complexity index is 270. The van der Waals surface area contributed by atoms with Crippen LogP contribution in [-0.4, -0.2) is 67.9 Å². The zero-order valence-electron chi connectivity index (χ0n) is 12.8. The summed E-state index contributed by atoms with van der Waals surface area (Å²) in [6.45, 7) is 11.2. The summed E-state index contributed by atoms with van der Waals surface area (Å²) in [5, 5.41) is 0. The topological polar surface area (TPSA) is 42.0 Å². The lowest BCUT2D eigenvalue weighted by molar-refractivity contribution is 0.0282. The molecule has 0 aromatic heterocycles. The zero-order chi connectivity index (χ0) is 14.3. The van der Waals surface area contributed by atoms with Crippen LogP contribution in [0.15, 0.2) is 0 Å². The molecule has 1 aliphatic heterocycles. The van der Waals surface area contributed by atoms with Crippen molar-refractivity contribution in [3.8, 4) is 0 Å². The molecule has 19 heavy (non-hydrogen) atoms. The van der Waals surface area contributed by atoms with E-state index >= 15 is 0 Å². The number of ether oxygens (including phenoxy) is 2. The first-order chi connectivity index (χ1) is 8.88. The minimum Gasteiger partial charge on any atom is -0.444 e. The maximum atomic E-state index is 11.7. The molecule has 1 rings (SSSR count). The van der Waals surface area contributed by atoms with E-state index in [0.29, 0.717) is 0 Å². The number of hydrogen-bond acceptors (Lipinski definition) is 4. The molecule has 0 bridgehead atoms. The summed E-state index contributed by atoms with van der Waals surface area (Å²) >= 11 is 0. The van der Waals surface area contributed by atoms with Crippen molar-refractivity contribution in [3.63, 3.8) is 0 Å². The Balaban J connectivity index is 2.09. The van der Waals surface area contributed by atoms with Gasteiger partial charge in [0.1, 0.15) is 5.60 Å². The van der Waals surface area contributed by atoms with Gasteiger partial charge in [0.05, 0.1) is 13.2 Å². The third-order valence-corrected chi connectivity index (χ3v) is 3.03. The maximum Gasteiger partial charge on any atom is 0.410 e. The molecule has 0 saturated carbocycles. The molecule has 5 nitrogen and oxygen atoms in total. The summed E-state index contributed by atoms with van der Waals surface area (Å²) in [6, 6.07) is 0. The summed E-state index contributed by atoms with van der Waals surface area (Å²) in [5.74, 6) is 0. The van der Waals surface area contributed by atoms with Gasteiger partial charge < -0.3 is 14.4 Å². The van der Waals surface area contributed by atoms with E-state index in [1.165, 1.54) is 0 Å². The fourth-order valence-electron chi connectivity index (χ4n) is 1.94. The zero-order valence-corrected chi connectivity index (χ0v) is 12.8. The van der Waals surface area contributed by atoms with Crippen LogP contribution >= 0.6 is 0 Å². The van der Waals surface area contributed by atoms with Gasteiger partial charge in [-0.25, -0.2) is 4.79 Å². The fourth-order valence-corrected chi connectivity index (χ4v) is 1.94. The molecule has 1 amide bonds. The van der Waals surface area contributed by atoms with Crippen molar-refractivity contribution in [2.24, 2.45) is 0 Å². The number of nitrogens with zero attached hydrogens (tertiary/aromatic N) is 2. The van der Waals surface area contributed by atoms with Gasteiger partial charge in [0.15, 0.2) is 0 Å². The molecule has 0 aromatic carbocycles. The number of carbonyl (C=O) groups excluding carboxylic acids is 1. The van der Waals surface area contributed by atoms with Gasteiger partial charge in [-0.05, 0) is 40.2 Å². The van der Waals surface area contributed by atoms with Gasteiger partial charge in [-0.1, -0.05) is 0 Å². The first-order valence-corrected chi connectivity index (χ1v) is 7.13. The predicted molar refractivity (Wildman–Crippen MR) is 75.4 cm³/mol. The molecule has 112 valence electrons. The number of rotatable bonds is 5. The second-order valence-electron chi connectivity index (χ2n) is 6.06. The Kier molecular flexibility index (Phi) is 6.58. The molecule has 1 saturated heterocycles. The highest BCUT2D eigenvalue weighted by atomic mass is 16.6. The summed E-state index contributed by atoms with van der Waals surface area (Å²) in [7, 11) is 1.79. The third-order valence-electron chi connectivity index (χ3n) is 3.03. The SMILES string of the molecule is CN(CCCCN1CCOCC1)C(=O)OC(C)(C)C. The lowest BCUT2D eigenvalue weighted by Gasteiger charge is -2.27. The lowest BCUT2D eigenvalue weighted by atomic mass is 10.2. The Hall–Kier alpha value is -0.810. The number of amides is 1. The van der Waals surface area contributed by atoms with Crippen LogP contribution in [-0.2, 0) is 9.47 Å². The van der Waals surface area contributed by atoms with Gasteiger partial charge in [-0.15, -0.1) is 0 Å². The number of unbranched alkanes of at least 4 members (excludes halogenated alkanes) is 1. The average Bonchev–Trinajstić information content (AvgIpc) is 2.33. The van der Waals surface area contributed by atoms with E-state index in [0.717, 1.165) is 52.2 Å². The average molecular weight is 272 g/mol. The monoisotopic (exact) mass is 272 g/mol. The van der Waals surface area contributed by atoms with E-state index in [9.17, 15) is 4.79 Å². The third kappa shape index (κ3) is 7.38. The highest BCUT2D eigenvalue weighted by Gasteiger charge is 2.19.